The number of thiazole rings is 1. The third kappa shape index (κ3) is 2.77. The Morgan fingerprint density at radius 1 is 1.57 bits per heavy atom. The van der Waals surface area contributed by atoms with Crippen molar-refractivity contribution in [2.75, 3.05) is 13.2 Å². The minimum atomic E-state index is 0.616. The van der Waals surface area contributed by atoms with Crippen LogP contribution in [0.2, 0.25) is 0 Å². The molecule has 1 saturated heterocycles. The van der Waals surface area contributed by atoms with Crippen LogP contribution in [0.4, 0.5) is 0 Å². The summed E-state index contributed by atoms with van der Waals surface area (Å²) in [7, 11) is 0. The molecule has 3 nitrogen and oxygen atoms in total. The van der Waals surface area contributed by atoms with E-state index in [1.807, 2.05) is 6.92 Å². The van der Waals surface area contributed by atoms with Crippen molar-refractivity contribution in [3.63, 3.8) is 0 Å². The molecule has 14 heavy (non-hydrogen) atoms. The van der Waals surface area contributed by atoms with Gasteiger partial charge in [-0.25, -0.2) is 4.98 Å². The minimum Gasteiger partial charge on any atom is -0.381 e. The first kappa shape index (κ1) is 10.1. The molecule has 4 heteroatoms. The molecule has 0 radical (unpaired) electrons. The molecule has 0 atom stereocenters. The fraction of sp³-hybridized carbons (Fsp3) is 0.700. The molecule has 0 bridgehead atoms. The van der Waals surface area contributed by atoms with Crippen molar-refractivity contribution in [2.45, 2.75) is 32.4 Å². The summed E-state index contributed by atoms with van der Waals surface area (Å²) in [6, 6.07) is 0.616. The Bertz CT molecular complexity index is 281. The zero-order chi connectivity index (χ0) is 9.80. The van der Waals surface area contributed by atoms with Gasteiger partial charge in [0.15, 0.2) is 0 Å². The molecule has 0 aliphatic carbocycles. The number of ether oxygens (including phenoxy) is 1. The van der Waals surface area contributed by atoms with Gasteiger partial charge >= 0.3 is 0 Å². The van der Waals surface area contributed by atoms with Crippen LogP contribution in [0.15, 0.2) is 5.38 Å². The molecule has 1 aromatic heterocycles. The highest BCUT2D eigenvalue weighted by Crippen LogP contribution is 2.10. The van der Waals surface area contributed by atoms with Crippen LogP contribution in [0.1, 0.15) is 23.5 Å². The van der Waals surface area contributed by atoms with Crippen LogP contribution < -0.4 is 5.32 Å². The van der Waals surface area contributed by atoms with Crippen LogP contribution in [0.25, 0.3) is 0 Å². The van der Waals surface area contributed by atoms with Gasteiger partial charge in [-0.15, -0.1) is 11.3 Å². The summed E-state index contributed by atoms with van der Waals surface area (Å²) < 4.78 is 5.30. The van der Waals surface area contributed by atoms with Crippen molar-refractivity contribution in [1.29, 1.82) is 0 Å². The molecular formula is C10H16N2OS. The summed E-state index contributed by atoms with van der Waals surface area (Å²) in [4.78, 5) is 4.42. The summed E-state index contributed by atoms with van der Waals surface area (Å²) >= 11 is 1.72. The highest BCUT2D eigenvalue weighted by Gasteiger charge is 2.12. The van der Waals surface area contributed by atoms with E-state index in [-0.39, 0.29) is 0 Å². The lowest BCUT2D eigenvalue weighted by molar-refractivity contribution is 0.0775. The maximum Gasteiger partial charge on any atom is 0.0897 e. The second kappa shape index (κ2) is 4.87. The first-order chi connectivity index (χ1) is 6.84. The zero-order valence-electron chi connectivity index (χ0n) is 8.45. The van der Waals surface area contributed by atoms with Crippen LogP contribution >= 0.6 is 11.3 Å². The van der Waals surface area contributed by atoms with E-state index >= 15 is 0 Å². The monoisotopic (exact) mass is 212 g/mol. The number of hydrogen-bond donors (Lipinski definition) is 1. The Balaban J connectivity index is 1.76. The molecule has 1 aliphatic rings. The second-order valence-electron chi connectivity index (χ2n) is 3.63. The van der Waals surface area contributed by atoms with E-state index in [2.05, 4.69) is 15.7 Å². The van der Waals surface area contributed by atoms with Crippen molar-refractivity contribution < 1.29 is 4.74 Å². The molecule has 1 N–H and O–H groups in total. The molecule has 78 valence electrons. The minimum absolute atomic E-state index is 0.616. The Kier molecular flexibility index (Phi) is 3.50. The molecule has 1 aromatic rings. The van der Waals surface area contributed by atoms with Gasteiger partial charge in [-0.3, -0.25) is 0 Å². The van der Waals surface area contributed by atoms with Crippen LogP contribution in [0.3, 0.4) is 0 Å². The maximum atomic E-state index is 5.30. The van der Waals surface area contributed by atoms with Crippen molar-refractivity contribution in [1.82, 2.24) is 10.3 Å². The third-order valence-electron chi connectivity index (χ3n) is 2.46. The number of aromatic nitrogens is 1. The van der Waals surface area contributed by atoms with Crippen LogP contribution in [0.5, 0.6) is 0 Å². The lowest BCUT2D eigenvalue weighted by Crippen LogP contribution is -2.34. The molecular weight excluding hydrogens is 196 g/mol. The first-order valence-corrected chi connectivity index (χ1v) is 5.94. The van der Waals surface area contributed by atoms with E-state index in [1.54, 1.807) is 11.3 Å². The summed E-state index contributed by atoms with van der Waals surface area (Å²) in [5.41, 5.74) is 1.17. The van der Waals surface area contributed by atoms with Crippen LogP contribution in [-0.2, 0) is 11.3 Å². The fourth-order valence-corrected chi connectivity index (χ4v) is 2.25. The summed E-state index contributed by atoms with van der Waals surface area (Å²) in [6.07, 6.45) is 2.26. The standard InChI is InChI=1S/C10H16N2OS/c1-8-12-10(7-14-8)6-11-9-2-4-13-5-3-9/h7,9,11H,2-6H2,1H3. The SMILES string of the molecule is Cc1nc(CNC2CCOCC2)cs1. The van der Waals surface area contributed by atoms with E-state index in [4.69, 9.17) is 4.74 Å². The molecule has 1 aliphatic heterocycles. The quantitative estimate of drug-likeness (QED) is 0.828. The Labute approximate surface area is 88.5 Å². The van der Waals surface area contributed by atoms with Gasteiger partial charge in [0, 0.05) is 31.2 Å². The number of nitrogens with one attached hydrogen (secondary N) is 1. The van der Waals surface area contributed by atoms with E-state index in [0.29, 0.717) is 6.04 Å². The Hall–Kier alpha value is -0.450. The van der Waals surface area contributed by atoms with Crippen LogP contribution in [-0.4, -0.2) is 24.2 Å². The molecule has 0 saturated carbocycles. The van der Waals surface area contributed by atoms with Crippen molar-refractivity contribution >= 4 is 11.3 Å². The highest BCUT2D eigenvalue weighted by atomic mass is 32.1. The van der Waals surface area contributed by atoms with Gasteiger partial charge in [-0.05, 0) is 19.8 Å². The first-order valence-electron chi connectivity index (χ1n) is 5.07. The molecule has 2 rings (SSSR count). The highest BCUT2D eigenvalue weighted by molar-refractivity contribution is 7.09. The lowest BCUT2D eigenvalue weighted by Gasteiger charge is -2.22. The second-order valence-corrected chi connectivity index (χ2v) is 4.69. The largest absolute Gasteiger partial charge is 0.381 e. The number of rotatable bonds is 3. The van der Waals surface area contributed by atoms with Gasteiger partial charge in [0.2, 0.25) is 0 Å². The van der Waals surface area contributed by atoms with Crippen molar-refractivity contribution in [3.05, 3.63) is 16.1 Å². The van der Waals surface area contributed by atoms with E-state index < -0.39 is 0 Å². The predicted molar refractivity (Wildman–Crippen MR) is 57.5 cm³/mol. The van der Waals surface area contributed by atoms with Gasteiger partial charge in [-0.1, -0.05) is 0 Å². The number of aryl methyl sites for hydroxylation is 1. The fourth-order valence-electron chi connectivity index (χ4n) is 1.64. The lowest BCUT2D eigenvalue weighted by atomic mass is 10.1. The Morgan fingerprint density at radius 2 is 2.36 bits per heavy atom. The molecule has 0 spiro atoms. The summed E-state index contributed by atoms with van der Waals surface area (Å²) in [5.74, 6) is 0. The Morgan fingerprint density at radius 3 is 3.00 bits per heavy atom. The summed E-state index contributed by atoms with van der Waals surface area (Å²) in [5, 5.41) is 6.79. The number of nitrogens with zero attached hydrogens (tertiary/aromatic N) is 1. The van der Waals surface area contributed by atoms with Gasteiger partial charge in [0.05, 0.1) is 10.7 Å². The topological polar surface area (TPSA) is 34.2 Å². The summed E-state index contributed by atoms with van der Waals surface area (Å²) in [6.45, 7) is 4.74. The van der Waals surface area contributed by atoms with Gasteiger partial charge in [0.25, 0.3) is 0 Å². The maximum absolute atomic E-state index is 5.30. The molecule has 0 aromatic carbocycles. The van der Waals surface area contributed by atoms with Crippen LogP contribution in [0, 0.1) is 6.92 Å². The van der Waals surface area contributed by atoms with Gasteiger partial charge in [-0.2, -0.15) is 0 Å². The number of hydrogen-bond acceptors (Lipinski definition) is 4. The third-order valence-corrected chi connectivity index (χ3v) is 3.28. The predicted octanol–water partition coefficient (Wildman–Crippen LogP) is 1.72. The van der Waals surface area contributed by atoms with Gasteiger partial charge < -0.3 is 10.1 Å². The molecule has 0 unspecified atom stereocenters. The molecule has 0 amide bonds. The van der Waals surface area contributed by atoms with Crippen molar-refractivity contribution in [2.24, 2.45) is 0 Å². The van der Waals surface area contributed by atoms with E-state index in [0.717, 1.165) is 37.6 Å². The average molecular weight is 212 g/mol. The molecule has 1 fully saturated rings. The smallest absolute Gasteiger partial charge is 0.0897 e. The zero-order valence-corrected chi connectivity index (χ0v) is 9.27. The van der Waals surface area contributed by atoms with E-state index in [9.17, 15) is 0 Å². The van der Waals surface area contributed by atoms with Gasteiger partial charge in [0.1, 0.15) is 0 Å². The average Bonchev–Trinajstić information content (AvgIpc) is 2.63. The molecule has 2 heterocycles. The normalized spacial score (nSPS) is 18.6. The van der Waals surface area contributed by atoms with E-state index in [1.165, 1.54) is 5.69 Å². The van der Waals surface area contributed by atoms with Crippen molar-refractivity contribution in [3.8, 4) is 0 Å².